The molecule has 0 aliphatic carbocycles. The molecule has 0 bridgehead atoms. The van der Waals surface area contributed by atoms with Crippen LogP contribution < -0.4 is 5.11 Å². The Kier molecular flexibility index (Phi) is 6.11. The summed E-state index contributed by atoms with van der Waals surface area (Å²) in [5, 5.41) is 18.8. The average molecular weight is 202 g/mol. The molecule has 1 unspecified atom stereocenters. The molecule has 0 heterocycles. The van der Waals surface area contributed by atoms with E-state index in [9.17, 15) is 9.90 Å². The van der Waals surface area contributed by atoms with Gasteiger partial charge in [-0.3, -0.25) is 0 Å². The lowest BCUT2D eigenvalue weighted by atomic mass is 10.4. The molecule has 5 nitrogen and oxygen atoms in total. The Morgan fingerprint density at radius 3 is 2.71 bits per heavy atom. The SMILES string of the molecule is C=C(C)C(=O)OCCN(C)CC([O-])O. The molecule has 0 radical (unpaired) electrons. The predicted molar refractivity (Wildman–Crippen MR) is 49.3 cm³/mol. The molecule has 0 amide bonds. The molecule has 0 aromatic heterocycles. The van der Waals surface area contributed by atoms with Gasteiger partial charge in [0.15, 0.2) is 0 Å². The molecule has 0 aromatic carbocycles. The van der Waals surface area contributed by atoms with Gasteiger partial charge in [0.1, 0.15) is 6.61 Å². The van der Waals surface area contributed by atoms with Crippen molar-refractivity contribution >= 4 is 5.97 Å². The third-order valence-corrected chi connectivity index (χ3v) is 1.52. The van der Waals surface area contributed by atoms with E-state index in [-0.39, 0.29) is 13.2 Å². The van der Waals surface area contributed by atoms with Crippen LogP contribution in [0.1, 0.15) is 6.92 Å². The zero-order valence-corrected chi connectivity index (χ0v) is 8.52. The van der Waals surface area contributed by atoms with Crippen LogP contribution in [0.5, 0.6) is 0 Å². The minimum Gasteiger partial charge on any atom is -0.830 e. The number of esters is 1. The zero-order valence-electron chi connectivity index (χ0n) is 8.52. The van der Waals surface area contributed by atoms with E-state index in [1.165, 1.54) is 0 Å². The maximum Gasteiger partial charge on any atom is 0.333 e. The van der Waals surface area contributed by atoms with Gasteiger partial charge in [-0.1, -0.05) is 6.58 Å². The maximum absolute atomic E-state index is 10.9. The minimum absolute atomic E-state index is 0.0185. The first-order valence-electron chi connectivity index (χ1n) is 4.28. The molecular weight excluding hydrogens is 186 g/mol. The molecule has 1 atom stereocenters. The number of carbonyl (C=O) groups is 1. The third-order valence-electron chi connectivity index (χ3n) is 1.52. The molecule has 0 spiro atoms. The van der Waals surface area contributed by atoms with E-state index in [0.29, 0.717) is 12.1 Å². The van der Waals surface area contributed by atoms with Crippen molar-refractivity contribution < 1.29 is 19.7 Å². The number of aliphatic hydroxyl groups is 1. The second kappa shape index (κ2) is 6.53. The van der Waals surface area contributed by atoms with E-state index in [1.54, 1.807) is 18.9 Å². The molecule has 0 rings (SSSR count). The summed E-state index contributed by atoms with van der Waals surface area (Å²) in [7, 11) is 1.66. The number of carbonyl (C=O) groups excluding carboxylic acids is 1. The van der Waals surface area contributed by atoms with Crippen molar-refractivity contribution in [2.24, 2.45) is 0 Å². The third kappa shape index (κ3) is 6.59. The van der Waals surface area contributed by atoms with Crippen LogP contribution >= 0.6 is 0 Å². The van der Waals surface area contributed by atoms with Gasteiger partial charge in [-0.15, -0.1) is 0 Å². The fraction of sp³-hybridized carbons (Fsp3) is 0.667. The van der Waals surface area contributed by atoms with Crippen LogP contribution in [-0.4, -0.2) is 49.0 Å². The van der Waals surface area contributed by atoms with Gasteiger partial charge in [-0.25, -0.2) is 4.79 Å². The van der Waals surface area contributed by atoms with Gasteiger partial charge in [0, 0.05) is 18.7 Å². The predicted octanol–water partition coefficient (Wildman–Crippen LogP) is -1.28. The molecule has 82 valence electrons. The van der Waals surface area contributed by atoms with E-state index in [0.717, 1.165) is 0 Å². The molecule has 0 aliphatic heterocycles. The van der Waals surface area contributed by atoms with Crippen molar-refractivity contribution in [1.82, 2.24) is 4.90 Å². The van der Waals surface area contributed by atoms with Crippen molar-refractivity contribution in [3.8, 4) is 0 Å². The lowest BCUT2D eigenvalue weighted by molar-refractivity contribution is -0.482. The Hall–Kier alpha value is -0.910. The molecule has 14 heavy (non-hydrogen) atoms. The molecule has 0 aromatic rings. The summed E-state index contributed by atoms with van der Waals surface area (Å²) < 4.78 is 4.79. The summed E-state index contributed by atoms with van der Waals surface area (Å²) in [6, 6.07) is 0. The molecule has 5 heteroatoms. The number of hydrogen-bond acceptors (Lipinski definition) is 5. The Labute approximate surface area is 83.6 Å². The minimum atomic E-state index is -1.61. The fourth-order valence-corrected chi connectivity index (χ4v) is 0.775. The topological polar surface area (TPSA) is 72.8 Å². The van der Waals surface area contributed by atoms with Gasteiger partial charge < -0.3 is 19.8 Å². The van der Waals surface area contributed by atoms with Crippen LogP contribution in [0.4, 0.5) is 0 Å². The Balaban J connectivity index is 3.54. The molecule has 0 aliphatic rings. The molecule has 0 fully saturated rings. The summed E-state index contributed by atoms with van der Waals surface area (Å²) >= 11 is 0. The van der Waals surface area contributed by atoms with E-state index < -0.39 is 12.3 Å². The second-order valence-corrected chi connectivity index (χ2v) is 3.13. The quantitative estimate of drug-likeness (QED) is 0.330. The van der Waals surface area contributed by atoms with Crippen molar-refractivity contribution in [1.29, 1.82) is 0 Å². The first-order valence-corrected chi connectivity index (χ1v) is 4.28. The summed E-state index contributed by atoms with van der Waals surface area (Å²) in [4.78, 5) is 12.5. The van der Waals surface area contributed by atoms with E-state index in [2.05, 4.69) is 6.58 Å². The fourth-order valence-electron chi connectivity index (χ4n) is 0.775. The van der Waals surface area contributed by atoms with Crippen LogP contribution in [0.3, 0.4) is 0 Å². The van der Waals surface area contributed by atoms with Crippen molar-refractivity contribution in [3.05, 3.63) is 12.2 Å². The van der Waals surface area contributed by atoms with E-state index in [1.807, 2.05) is 0 Å². The summed E-state index contributed by atoms with van der Waals surface area (Å²) in [6.07, 6.45) is -1.61. The van der Waals surface area contributed by atoms with Crippen molar-refractivity contribution in [2.75, 3.05) is 26.7 Å². The number of aliphatic hydroxyl groups excluding tert-OH is 1. The number of ether oxygens (including phenoxy) is 1. The molecular formula is C9H16NO4-. The van der Waals surface area contributed by atoms with Crippen LogP contribution in [-0.2, 0) is 9.53 Å². The second-order valence-electron chi connectivity index (χ2n) is 3.13. The first kappa shape index (κ1) is 13.1. The van der Waals surface area contributed by atoms with Gasteiger partial charge >= 0.3 is 5.97 Å². The Bertz CT molecular complexity index is 203. The number of likely N-dealkylation sites (N-methyl/N-ethyl adjacent to an activating group) is 1. The van der Waals surface area contributed by atoms with Crippen LogP contribution in [0.15, 0.2) is 12.2 Å². The number of rotatable bonds is 6. The lowest BCUT2D eigenvalue weighted by Crippen LogP contribution is -2.39. The van der Waals surface area contributed by atoms with Gasteiger partial charge in [0.05, 0.1) is 0 Å². The highest BCUT2D eigenvalue weighted by molar-refractivity contribution is 5.86. The first-order chi connectivity index (χ1) is 6.43. The van der Waals surface area contributed by atoms with Crippen LogP contribution in [0, 0.1) is 0 Å². The number of nitrogens with zero attached hydrogens (tertiary/aromatic N) is 1. The van der Waals surface area contributed by atoms with Gasteiger partial charge in [0.2, 0.25) is 0 Å². The van der Waals surface area contributed by atoms with Gasteiger partial charge in [0.25, 0.3) is 0 Å². The normalized spacial score (nSPS) is 12.6. The lowest BCUT2D eigenvalue weighted by Gasteiger charge is -2.23. The Morgan fingerprint density at radius 2 is 2.29 bits per heavy atom. The highest BCUT2D eigenvalue weighted by atomic mass is 16.5. The summed E-state index contributed by atoms with van der Waals surface area (Å²) in [6.45, 7) is 5.61. The zero-order chi connectivity index (χ0) is 11.1. The van der Waals surface area contributed by atoms with Gasteiger partial charge in [-0.05, 0) is 20.3 Å². The van der Waals surface area contributed by atoms with E-state index >= 15 is 0 Å². The van der Waals surface area contributed by atoms with Crippen LogP contribution in [0.25, 0.3) is 0 Å². The molecule has 1 N–H and O–H groups in total. The van der Waals surface area contributed by atoms with Gasteiger partial charge in [-0.2, -0.15) is 0 Å². The van der Waals surface area contributed by atoms with Crippen molar-refractivity contribution in [2.45, 2.75) is 13.2 Å². The van der Waals surface area contributed by atoms with Crippen molar-refractivity contribution in [3.63, 3.8) is 0 Å². The summed E-state index contributed by atoms with van der Waals surface area (Å²) in [5.74, 6) is -0.443. The standard InChI is InChI=1S/C9H16NO4/c1-7(2)9(13)14-5-4-10(3)6-8(11)12/h8,11H,1,4-6H2,2-3H3/q-1. The average Bonchev–Trinajstić information content (AvgIpc) is 2.02. The Morgan fingerprint density at radius 1 is 1.71 bits per heavy atom. The highest BCUT2D eigenvalue weighted by Gasteiger charge is 2.04. The smallest absolute Gasteiger partial charge is 0.333 e. The van der Waals surface area contributed by atoms with E-state index in [4.69, 9.17) is 9.84 Å². The summed E-state index contributed by atoms with van der Waals surface area (Å²) in [5.41, 5.74) is 0.344. The number of hydrogen-bond donors (Lipinski definition) is 1. The largest absolute Gasteiger partial charge is 0.830 e. The van der Waals surface area contributed by atoms with Crippen LogP contribution in [0.2, 0.25) is 0 Å². The maximum atomic E-state index is 10.9. The highest BCUT2D eigenvalue weighted by Crippen LogP contribution is 1.92. The monoisotopic (exact) mass is 202 g/mol. The molecule has 0 saturated carbocycles. The molecule has 0 saturated heterocycles.